The van der Waals surface area contributed by atoms with E-state index in [9.17, 15) is 0 Å². The zero-order valence-electron chi connectivity index (χ0n) is 10.9. The highest BCUT2D eigenvalue weighted by Gasteiger charge is 2.26. The minimum atomic E-state index is 0.573. The number of nitrogens with zero attached hydrogens (tertiary/aromatic N) is 2. The summed E-state index contributed by atoms with van der Waals surface area (Å²) in [7, 11) is 0. The average molecular weight is 296 g/mol. The zero-order chi connectivity index (χ0) is 13.6. The van der Waals surface area contributed by atoms with Gasteiger partial charge >= 0.3 is 0 Å². The van der Waals surface area contributed by atoms with Gasteiger partial charge in [-0.25, -0.2) is 4.98 Å². The first-order valence-corrected chi connectivity index (χ1v) is 7.08. The van der Waals surface area contributed by atoms with Gasteiger partial charge in [0.05, 0.1) is 16.4 Å². The second kappa shape index (κ2) is 4.73. The fourth-order valence-corrected chi connectivity index (χ4v) is 2.53. The zero-order valence-corrected chi connectivity index (χ0v) is 12.4. The normalized spacial score (nSPS) is 14.7. The van der Waals surface area contributed by atoms with Crippen LogP contribution in [0, 0.1) is 13.8 Å². The Hall–Kier alpha value is -1.19. The molecule has 1 fully saturated rings. The molecule has 1 aliphatic rings. The number of aryl methyl sites for hydroxylation is 2. The SMILES string of the molecule is Cc1cn(C2CC2)c(Nc2cc(Cl)c(C)cc2Cl)n1. The van der Waals surface area contributed by atoms with Crippen LogP contribution in [0.2, 0.25) is 10.0 Å². The lowest BCUT2D eigenvalue weighted by Gasteiger charge is -2.11. The van der Waals surface area contributed by atoms with Gasteiger partial charge in [-0.05, 0) is 44.4 Å². The maximum absolute atomic E-state index is 6.25. The fraction of sp³-hybridized carbons (Fsp3) is 0.357. The number of hydrogen-bond donors (Lipinski definition) is 1. The van der Waals surface area contributed by atoms with E-state index in [1.807, 2.05) is 26.0 Å². The number of halogens is 2. The van der Waals surface area contributed by atoms with Crippen molar-refractivity contribution in [2.45, 2.75) is 32.7 Å². The van der Waals surface area contributed by atoms with Crippen LogP contribution in [0.1, 0.15) is 30.1 Å². The Balaban J connectivity index is 1.95. The van der Waals surface area contributed by atoms with Gasteiger partial charge in [0.1, 0.15) is 0 Å². The smallest absolute Gasteiger partial charge is 0.207 e. The van der Waals surface area contributed by atoms with E-state index in [0.29, 0.717) is 16.1 Å². The van der Waals surface area contributed by atoms with Crippen molar-refractivity contribution in [2.24, 2.45) is 0 Å². The molecule has 0 spiro atoms. The maximum atomic E-state index is 6.25. The first kappa shape index (κ1) is 12.8. The number of nitrogens with one attached hydrogen (secondary N) is 1. The van der Waals surface area contributed by atoms with Crippen molar-refractivity contribution in [1.29, 1.82) is 0 Å². The molecular weight excluding hydrogens is 281 g/mol. The summed E-state index contributed by atoms with van der Waals surface area (Å²) in [5.74, 6) is 0.835. The molecule has 0 saturated heterocycles. The maximum Gasteiger partial charge on any atom is 0.207 e. The van der Waals surface area contributed by atoms with Gasteiger partial charge < -0.3 is 9.88 Å². The van der Waals surface area contributed by atoms with E-state index in [0.717, 1.165) is 22.9 Å². The topological polar surface area (TPSA) is 29.9 Å². The van der Waals surface area contributed by atoms with Crippen LogP contribution in [0.5, 0.6) is 0 Å². The van der Waals surface area contributed by atoms with Gasteiger partial charge in [-0.3, -0.25) is 0 Å². The summed E-state index contributed by atoms with van der Waals surface area (Å²) in [5, 5.41) is 4.65. The minimum absolute atomic E-state index is 0.573. The van der Waals surface area contributed by atoms with E-state index in [1.165, 1.54) is 12.8 Å². The number of hydrogen-bond acceptors (Lipinski definition) is 2. The minimum Gasteiger partial charge on any atom is -0.324 e. The van der Waals surface area contributed by atoms with Gasteiger partial charge in [-0.15, -0.1) is 0 Å². The lowest BCUT2D eigenvalue weighted by atomic mass is 10.2. The van der Waals surface area contributed by atoms with E-state index in [4.69, 9.17) is 23.2 Å². The van der Waals surface area contributed by atoms with Gasteiger partial charge in [0, 0.05) is 17.3 Å². The number of anilines is 2. The molecule has 19 heavy (non-hydrogen) atoms. The molecule has 0 bridgehead atoms. The third-order valence-electron chi connectivity index (χ3n) is 3.29. The summed E-state index contributed by atoms with van der Waals surface area (Å²) < 4.78 is 2.18. The Morgan fingerprint density at radius 3 is 2.63 bits per heavy atom. The lowest BCUT2D eigenvalue weighted by molar-refractivity contribution is 0.750. The van der Waals surface area contributed by atoms with Crippen molar-refractivity contribution in [3.05, 3.63) is 39.6 Å². The second-order valence-electron chi connectivity index (χ2n) is 5.05. The molecule has 1 saturated carbocycles. The monoisotopic (exact) mass is 295 g/mol. The fourth-order valence-electron chi connectivity index (χ4n) is 2.10. The van der Waals surface area contributed by atoms with Gasteiger partial charge in [-0.2, -0.15) is 0 Å². The van der Waals surface area contributed by atoms with Gasteiger partial charge in [0.15, 0.2) is 0 Å². The van der Waals surface area contributed by atoms with E-state index < -0.39 is 0 Å². The molecule has 1 aromatic heterocycles. The van der Waals surface area contributed by atoms with Gasteiger partial charge in [0.25, 0.3) is 0 Å². The lowest BCUT2D eigenvalue weighted by Crippen LogP contribution is -2.02. The molecule has 1 N–H and O–H groups in total. The molecule has 2 aromatic rings. The number of imidazole rings is 1. The van der Waals surface area contributed by atoms with Crippen LogP contribution in [0.25, 0.3) is 0 Å². The summed E-state index contributed by atoms with van der Waals surface area (Å²) in [6, 6.07) is 4.28. The average Bonchev–Trinajstić information content (AvgIpc) is 3.11. The summed E-state index contributed by atoms with van der Waals surface area (Å²) in [6.07, 6.45) is 4.50. The molecule has 5 heteroatoms. The summed E-state index contributed by atoms with van der Waals surface area (Å²) in [4.78, 5) is 4.51. The summed E-state index contributed by atoms with van der Waals surface area (Å²) >= 11 is 12.4. The van der Waals surface area contributed by atoms with Crippen molar-refractivity contribution in [3.63, 3.8) is 0 Å². The predicted octanol–water partition coefficient (Wildman–Crippen LogP) is 4.89. The quantitative estimate of drug-likeness (QED) is 0.874. The van der Waals surface area contributed by atoms with Crippen LogP contribution < -0.4 is 5.32 Å². The van der Waals surface area contributed by atoms with E-state index in [1.54, 1.807) is 0 Å². The Morgan fingerprint density at radius 2 is 1.95 bits per heavy atom. The highest BCUT2D eigenvalue weighted by Crippen LogP contribution is 2.39. The summed E-state index contributed by atoms with van der Waals surface area (Å²) in [5.41, 5.74) is 2.77. The van der Waals surface area contributed by atoms with Crippen LogP contribution in [-0.4, -0.2) is 9.55 Å². The molecule has 100 valence electrons. The molecule has 0 atom stereocenters. The number of rotatable bonds is 3. The number of benzene rings is 1. The molecule has 1 aromatic carbocycles. The molecule has 1 aliphatic carbocycles. The second-order valence-corrected chi connectivity index (χ2v) is 5.86. The third-order valence-corrected chi connectivity index (χ3v) is 4.01. The van der Waals surface area contributed by atoms with E-state index in [-0.39, 0.29) is 0 Å². The third kappa shape index (κ3) is 2.58. The van der Waals surface area contributed by atoms with E-state index >= 15 is 0 Å². The van der Waals surface area contributed by atoms with Crippen molar-refractivity contribution in [2.75, 3.05) is 5.32 Å². The molecule has 0 amide bonds. The molecule has 0 radical (unpaired) electrons. The van der Waals surface area contributed by atoms with Gasteiger partial charge in [-0.1, -0.05) is 23.2 Å². The highest BCUT2D eigenvalue weighted by molar-refractivity contribution is 6.35. The Kier molecular flexibility index (Phi) is 3.19. The van der Waals surface area contributed by atoms with Crippen LogP contribution >= 0.6 is 23.2 Å². The van der Waals surface area contributed by atoms with E-state index in [2.05, 4.69) is 21.1 Å². The van der Waals surface area contributed by atoms with Crippen molar-refractivity contribution < 1.29 is 0 Å². The standard InChI is InChI=1S/C14H15Cl2N3/c1-8-5-12(16)13(6-11(8)15)18-14-17-9(2)7-19(14)10-3-4-10/h5-7,10H,3-4H2,1-2H3,(H,17,18). The van der Waals surface area contributed by atoms with Crippen molar-refractivity contribution >= 4 is 34.8 Å². The first-order chi connectivity index (χ1) is 9.04. The molecule has 0 unspecified atom stereocenters. The predicted molar refractivity (Wildman–Crippen MR) is 79.7 cm³/mol. The molecular formula is C14H15Cl2N3. The van der Waals surface area contributed by atoms with Crippen LogP contribution in [0.15, 0.2) is 18.3 Å². The van der Waals surface area contributed by atoms with Crippen LogP contribution in [-0.2, 0) is 0 Å². The Morgan fingerprint density at radius 1 is 1.21 bits per heavy atom. The molecule has 3 rings (SSSR count). The molecule has 1 heterocycles. The highest BCUT2D eigenvalue weighted by atomic mass is 35.5. The number of aromatic nitrogens is 2. The molecule has 0 aliphatic heterocycles. The van der Waals surface area contributed by atoms with Gasteiger partial charge in [0.2, 0.25) is 5.95 Å². The van der Waals surface area contributed by atoms with Crippen molar-refractivity contribution in [3.8, 4) is 0 Å². The van der Waals surface area contributed by atoms with Crippen LogP contribution in [0.3, 0.4) is 0 Å². The van der Waals surface area contributed by atoms with Crippen LogP contribution in [0.4, 0.5) is 11.6 Å². The Bertz CT molecular complexity index is 630. The Labute approximate surface area is 122 Å². The molecule has 3 nitrogen and oxygen atoms in total. The first-order valence-electron chi connectivity index (χ1n) is 6.33. The largest absolute Gasteiger partial charge is 0.324 e. The van der Waals surface area contributed by atoms with Crippen molar-refractivity contribution in [1.82, 2.24) is 9.55 Å². The summed E-state index contributed by atoms with van der Waals surface area (Å²) in [6.45, 7) is 3.93.